The summed E-state index contributed by atoms with van der Waals surface area (Å²) in [6.45, 7) is 4.25. The van der Waals surface area contributed by atoms with E-state index < -0.39 is 4.92 Å². The van der Waals surface area contributed by atoms with Gasteiger partial charge in [-0.15, -0.1) is 0 Å². The van der Waals surface area contributed by atoms with Crippen molar-refractivity contribution in [3.8, 4) is 0 Å². The van der Waals surface area contributed by atoms with E-state index in [9.17, 15) is 14.9 Å². The molecular formula is C14H17N3O3. The average molecular weight is 275 g/mol. The Kier molecular flexibility index (Phi) is 4.47. The van der Waals surface area contributed by atoms with Crippen molar-refractivity contribution in [3.63, 3.8) is 0 Å². The zero-order valence-electron chi connectivity index (χ0n) is 11.3. The zero-order chi connectivity index (χ0) is 14.5. The van der Waals surface area contributed by atoms with Gasteiger partial charge in [-0.2, -0.15) is 0 Å². The van der Waals surface area contributed by atoms with Gasteiger partial charge in [-0.1, -0.05) is 12.1 Å². The highest BCUT2D eigenvalue weighted by molar-refractivity contribution is 5.92. The van der Waals surface area contributed by atoms with E-state index in [2.05, 4.69) is 5.32 Å². The van der Waals surface area contributed by atoms with E-state index in [1.165, 1.54) is 18.2 Å². The Morgan fingerprint density at radius 3 is 2.85 bits per heavy atom. The van der Waals surface area contributed by atoms with Crippen LogP contribution in [-0.2, 0) is 4.79 Å². The summed E-state index contributed by atoms with van der Waals surface area (Å²) in [6, 6.07) is 6.47. The molecular weight excluding hydrogens is 258 g/mol. The summed E-state index contributed by atoms with van der Waals surface area (Å²) in [5, 5.41) is 13.8. The molecule has 1 amide bonds. The van der Waals surface area contributed by atoms with Crippen molar-refractivity contribution < 1.29 is 9.72 Å². The summed E-state index contributed by atoms with van der Waals surface area (Å²) >= 11 is 0. The van der Waals surface area contributed by atoms with Gasteiger partial charge in [-0.3, -0.25) is 14.9 Å². The molecule has 1 aliphatic rings. The number of nitro benzene ring substituents is 1. The molecule has 1 aromatic carbocycles. The van der Waals surface area contributed by atoms with Crippen molar-refractivity contribution in [2.45, 2.75) is 13.0 Å². The normalized spacial score (nSPS) is 15.1. The zero-order valence-corrected chi connectivity index (χ0v) is 11.3. The molecule has 1 aliphatic heterocycles. The minimum absolute atomic E-state index is 0.0233. The first-order chi connectivity index (χ1) is 9.61. The Labute approximate surface area is 117 Å². The maximum atomic E-state index is 12.1. The topological polar surface area (TPSA) is 75.5 Å². The second-order valence-electron chi connectivity index (χ2n) is 4.62. The third kappa shape index (κ3) is 3.21. The number of nitro groups is 1. The van der Waals surface area contributed by atoms with Gasteiger partial charge in [0.1, 0.15) is 0 Å². The number of carbonyl (C=O) groups excluding carboxylic acids is 1. The van der Waals surface area contributed by atoms with Crippen molar-refractivity contribution >= 4 is 17.7 Å². The molecule has 6 nitrogen and oxygen atoms in total. The first-order valence-electron chi connectivity index (χ1n) is 6.55. The van der Waals surface area contributed by atoms with Crippen LogP contribution in [0.4, 0.5) is 5.69 Å². The fraction of sp³-hybridized carbons (Fsp3) is 0.357. The molecule has 2 rings (SSSR count). The molecule has 0 unspecified atom stereocenters. The summed E-state index contributed by atoms with van der Waals surface area (Å²) in [4.78, 5) is 24.1. The van der Waals surface area contributed by atoms with Crippen LogP contribution in [0.5, 0.6) is 0 Å². The number of likely N-dealkylation sites (N-methyl/N-ethyl adjacent to an activating group) is 1. The van der Waals surface area contributed by atoms with Crippen molar-refractivity contribution in [3.05, 3.63) is 46.0 Å². The monoisotopic (exact) mass is 275 g/mol. The maximum absolute atomic E-state index is 12.1. The first kappa shape index (κ1) is 14.2. The molecule has 1 saturated heterocycles. The van der Waals surface area contributed by atoms with Crippen LogP contribution in [0.2, 0.25) is 0 Å². The Hall–Kier alpha value is -2.21. The number of hydrogen-bond acceptors (Lipinski definition) is 4. The van der Waals surface area contributed by atoms with Crippen LogP contribution >= 0.6 is 0 Å². The lowest BCUT2D eigenvalue weighted by atomic mass is 10.1. The van der Waals surface area contributed by atoms with Crippen molar-refractivity contribution in [2.24, 2.45) is 0 Å². The lowest BCUT2D eigenvalue weighted by molar-refractivity contribution is -0.384. The standard InChI is InChI=1S/C14H17N3O3/c1-2-16(13-9-15-10-13)14(18)7-6-11-4-3-5-12(8-11)17(19)20/h3-8,13,15H,2,9-10H2,1H3. The number of nitrogens with zero attached hydrogens (tertiary/aromatic N) is 2. The number of hydrogen-bond donors (Lipinski definition) is 1. The number of rotatable bonds is 5. The molecule has 1 fully saturated rings. The summed E-state index contributed by atoms with van der Waals surface area (Å²) in [6.07, 6.45) is 3.09. The first-order valence-corrected chi connectivity index (χ1v) is 6.55. The van der Waals surface area contributed by atoms with E-state index >= 15 is 0 Å². The van der Waals surface area contributed by atoms with Crippen LogP contribution in [0.3, 0.4) is 0 Å². The summed E-state index contributed by atoms with van der Waals surface area (Å²) in [7, 11) is 0. The molecule has 0 aromatic heterocycles. The lowest BCUT2D eigenvalue weighted by Crippen LogP contribution is -2.58. The highest BCUT2D eigenvalue weighted by atomic mass is 16.6. The molecule has 0 spiro atoms. The van der Waals surface area contributed by atoms with Gasteiger partial charge in [0, 0.05) is 37.8 Å². The Morgan fingerprint density at radius 1 is 1.55 bits per heavy atom. The van der Waals surface area contributed by atoms with Gasteiger partial charge in [-0.25, -0.2) is 0 Å². The maximum Gasteiger partial charge on any atom is 0.270 e. The van der Waals surface area contributed by atoms with Gasteiger partial charge < -0.3 is 10.2 Å². The fourth-order valence-corrected chi connectivity index (χ4v) is 2.09. The number of amides is 1. The van der Waals surface area contributed by atoms with Crippen molar-refractivity contribution in [2.75, 3.05) is 19.6 Å². The van der Waals surface area contributed by atoms with Gasteiger partial charge in [0.25, 0.3) is 5.69 Å². The highest BCUT2D eigenvalue weighted by Gasteiger charge is 2.25. The van der Waals surface area contributed by atoms with E-state index in [4.69, 9.17) is 0 Å². The van der Waals surface area contributed by atoms with Crippen LogP contribution in [0.25, 0.3) is 6.08 Å². The Balaban J connectivity index is 2.06. The molecule has 0 radical (unpaired) electrons. The van der Waals surface area contributed by atoms with E-state index in [0.717, 1.165) is 13.1 Å². The van der Waals surface area contributed by atoms with Crippen LogP contribution in [-0.4, -0.2) is 41.4 Å². The summed E-state index contributed by atoms with van der Waals surface area (Å²) in [5.41, 5.74) is 0.672. The predicted octanol–water partition coefficient (Wildman–Crippen LogP) is 1.43. The summed E-state index contributed by atoms with van der Waals surface area (Å²) in [5.74, 6) is -0.0643. The quantitative estimate of drug-likeness (QED) is 0.501. The number of nitrogens with one attached hydrogen (secondary N) is 1. The molecule has 0 bridgehead atoms. The molecule has 6 heteroatoms. The van der Waals surface area contributed by atoms with Gasteiger partial charge >= 0.3 is 0 Å². The van der Waals surface area contributed by atoms with Crippen molar-refractivity contribution in [1.82, 2.24) is 10.2 Å². The van der Waals surface area contributed by atoms with Crippen molar-refractivity contribution in [1.29, 1.82) is 0 Å². The number of non-ortho nitro benzene ring substituents is 1. The van der Waals surface area contributed by atoms with E-state index in [1.807, 2.05) is 6.92 Å². The third-order valence-corrected chi connectivity index (χ3v) is 3.32. The predicted molar refractivity (Wildman–Crippen MR) is 76.2 cm³/mol. The molecule has 20 heavy (non-hydrogen) atoms. The van der Waals surface area contributed by atoms with Gasteiger partial charge in [0.2, 0.25) is 5.91 Å². The van der Waals surface area contributed by atoms with Crippen LogP contribution in [0, 0.1) is 10.1 Å². The fourth-order valence-electron chi connectivity index (χ4n) is 2.09. The molecule has 1 heterocycles. The van der Waals surface area contributed by atoms with E-state index in [0.29, 0.717) is 12.1 Å². The third-order valence-electron chi connectivity index (χ3n) is 3.32. The largest absolute Gasteiger partial charge is 0.334 e. The van der Waals surface area contributed by atoms with Crippen LogP contribution < -0.4 is 5.32 Å². The minimum Gasteiger partial charge on any atom is -0.334 e. The Morgan fingerprint density at radius 2 is 2.30 bits per heavy atom. The Bertz CT molecular complexity index is 538. The highest BCUT2D eigenvalue weighted by Crippen LogP contribution is 2.14. The smallest absolute Gasteiger partial charge is 0.270 e. The summed E-state index contributed by atoms with van der Waals surface area (Å²) < 4.78 is 0. The second kappa shape index (κ2) is 6.29. The number of benzene rings is 1. The van der Waals surface area contributed by atoms with E-state index in [-0.39, 0.29) is 17.6 Å². The molecule has 1 aromatic rings. The molecule has 0 atom stereocenters. The average Bonchev–Trinajstić information content (AvgIpc) is 2.40. The van der Waals surface area contributed by atoms with E-state index in [1.54, 1.807) is 23.1 Å². The second-order valence-corrected chi connectivity index (χ2v) is 4.62. The van der Waals surface area contributed by atoms with Gasteiger partial charge in [0.15, 0.2) is 0 Å². The van der Waals surface area contributed by atoms with Gasteiger partial charge in [-0.05, 0) is 18.6 Å². The van der Waals surface area contributed by atoms with Gasteiger partial charge in [0.05, 0.1) is 11.0 Å². The minimum atomic E-state index is -0.447. The number of carbonyl (C=O) groups is 1. The molecule has 0 saturated carbocycles. The molecule has 106 valence electrons. The lowest BCUT2D eigenvalue weighted by Gasteiger charge is -2.37. The molecule has 0 aliphatic carbocycles. The molecule has 1 N–H and O–H groups in total. The van der Waals surface area contributed by atoms with Crippen LogP contribution in [0.1, 0.15) is 12.5 Å². The van der Waals surface area contributed by atoms with Crippen LogP contribution in [0.15, 0.2) is 30.3 Å². The SMILES string of the molecule is CCN(C(=O)C=Cc1cccc([N+](=O)[O-])c1)C1CNC1.